The van der Waals surface area contributed by atoms with Gasteiger partial charge in [-0.15, -0.1) is 0 Å². The Balaban J connectivity index is 3.06. The molecule has 0 saturated carbocycles. The first-order valence-corrected chi connectivity index (χ1v) is 5.34. The predicted octanol–water partition coefficient (Wildman–Crippen LogP) is 1.55. The van der Waals surface area contributed by atoms with E-state index in [0.717, 1.165) is 0 Å². The zero-order valence-corrected chi connectivity index (χ0v) is 9.99. The number of phenolic OH excluding ortho intramolecular Hbond substituents is 1. The number of phenols is 1. The Morgan fingerprint density at radius 1 is 1.53 bits per heavy atom. The summed E-state index contributed by atoms with van der Waals surface area (Å²) in [4.78, 5) is 0. The van der Waals surface area contributed by atoms with E-state index in [4.69, 9.17) is 10.5 Å². The molecule has 4 nitrogen and oxygen atoms in total. The quantitative estimate of drug-likeness (QED) is 0.779. The smallest absolute Gasteiger partial charge is 0.133 e. The van der Waals surface area contributed by atoms with Gasteiger partial charge >= 0.3 is 0 Å². The molecule has 0 fully saturated rings. The van der Waals surface area contributed by atoms with Crippen LogP contribution in [0.15, 0.2) is 16.6 Å². The third-order valence-corrected chi connectivity index (χ3v) is 2.72. The van der Waals surface area contributed by atoms with Crippen LogP contribution in [-0.4, -0.2) is 23.9 Å². The van der Waals surface area contributed by atoms with Crippen LogP contribution in [0.3, 0.4) is 0 Å². The van der Waals surface area contributed by atoms with Gasteiger partial charge in [0.05, 0.1) is 17.7 Å². The van der Waals surface area contributed by atoms with Gasteiger partial charge in [-0.25, -0.2) is 0 Å². The van der Waals surface area contributed by atoms with Gasteiger partial charge in [-0.05, 0) is 41.0 Å². The maximum absolute atomic E-state index is 9.70. The topological polar surface area (TPSA) is 75.7 Å². The molecular weight excluding hydrogens is 262 g/mol. The number of benzene rings is 1. The highest BCUT2D eigenvalue weighted by Gasteiger charge is 2.14. The Hall–Kier alpha value is -0.780. The number of hydrogen-bond donors (Lipinski definition) is 3. The van der Waals surface area contributed by atoms with Crippen molar-refractivity contribution in [1.29, 1.82) is 0 Å². The molecule has 84 valence electrons. The number of halogens is 1. The van der Waals surface area contributed by atoms with Gasteiger partial charge in [0.25, 0.3) is 0 Å². The standard InChI is InChI=1S/C10H14BrNO3/c1-15-10-4-6(8(13)2-3-12)9(14)5-7(10)11/h4-5,8,13-14H,2-3,12H2,1H3. The second-order valence-electron chi connectivity index (χ2n) is 3.14. The van der Waals surface area contributed by atoms with E-state index < -0.39 is 6.10 Å². The minimum atomic E-state index is -0.767. The van der Waals surface area contributed by atoms with Gasteiger partial charge in [0.2, 0.25) is 0 Å². The molecule has 1 rings (SSSR count). The number of hydrogen-bond acceptors (Lipinski definition) is 4. The highest BCUT2D eigenvalue weighted by atomic mass is 79.9. The van der Waals surface area contributed by atoms with Crippen molar-refractivity contribution in [2.75, 3.05) is 13.7 Å². The Kier molecular flexibility index (Phi) is 4.38. The summed E-state index contributed by atoms with van der Waals surface area (Å²) in [5, 5.41) is 19.3. The number of ether oxygens (including phenoxy) is 1. The average Bonchev–Trinajstić information content (AvgIpc) is 2.18. The van der Waals surface area contributed by atoms with Gasteiger partial charge in [0, 0.05) is 5.56 Å². The minimum Gasteiger partial charge on any atom is -0.508 e. The number of nitrogens with two attached hydrogens (primary N) is 1. The van der Waals surface area contributed by atoms with E-state index in [9.17, 15) is 10.2 Å². The molecule has 4 N–H and O–H groups in total. The van der Waals surface area contributed by atoms with Gasteiger partial charge in [-0.1, -0.05) is 0 Å². The lowest BCUT2D eigenvalue weighted by atomic mass is 10.1. The molecule has 1 atom stereocenters. The summed E-state index contributed by atoms with van der Waals surface area (Å²) in [6.07, 6.45) is -0.366. The number of methoxy groups -OCH3 is 1. The van der Waals surface area contributed by atoms with Gasteiger partial charge in [-0.2, -0.15) is 0 Å². The van der Waals surface area contributed by atoms with Gasteiger partial charge in [-0.3, -0.25) is 0 Å². The van der Waals surface area contributed by atoms with Crippen molar-refractivity contribution >= 4 is 15.9 Å². The van der Waals surface area contributed by atoms with Crippen molar-refractivity contribution in [3.63, 3.8) is 0 Å². The van der Waals surface area contributed by atoms with E-state index in [-0.39, 0.29) is 5.75 Å². The summed E-state index contributed by atoms with van der Waals surface area (Å²) in [5.41, 5.74) is 5.77. The summed E-state index contributed by atoms with van der Waals surface area (Å²) in [5.74, 6) is 0.600. The van der Waals surface area contributed by atoms with E-state index >= 15 is 0 Å². The Morgan fingerprint density at radius 2 is 2.20 bits per heavy atom. The van der Waals surface area contributed by atoms with Crippen LogP contribution in [0.5, 0.6) is 11.5 Å². The average molecular weight is 276 g/mol. The molecule has 1 unspecified atom stereocenters. The molecule has 5 heteroatoms. The number of aliphatic hydroxyl groups is 1. The molecule has 0 radical (unpaired) electrons. The lowest BCUT2D eigenvalue weighted by molar-refractivity contribution is 0.166. The van der Waals surface area contributed by atoms with E-state index in [0.29, 0.717) is 28.8 Å². The number of rotatable bonds is 4. The molecule has 1 aromatic rings. The van der Waals surface area contributed by atoms with Gasteiger partial charge in [0.1, 0.15) is 11.5 Å². The molecule has 0 aromatic heterocycles. The highest BCUT2D eigenvalue weighted by Crippen LogP contribution is 2.35. The van der Waals surface area contributed by atoms with Crippen LogP contribution < -0.4 is 10.5 Å². The maximum atomic E-state index is 9.70. The molecule has 0 bridgehead atoms. The van der Waals surface area contributed by atoms with Crippen molar-refractivity contribution in [1.82, 2.24) is 0 Å². The molecule has 0 aliphatic rings. The fraction of sp³-hybridized carbons (Fsp3) is 0.400. The lowest BCUT2D eigenvalue weighted by Gasteiger charge is -2.14. The molecular formula is C10H14BrNO3. The van der Waals surface area contributed by atoms with Crippen LogP contribution in [0.4, 0.5) is 0 Å². The Bertz CT molecular complexity index is 344. The summed E-state index contributed by atoms with van der Waals surface area (Å²) >= 11 is 3.24. The van der Waals surface area contributed by atoms with E-state index in [2.05, 4.69) is 15.9 Å². The third kappa shape index (κ3) is 2.84. The Morgan fingerprint density at radius 3 is 2.73 bits per heavy atom. The second kappa shape index (κ2) is 5.34. The monoisotopic (exact) mass is 275 g/mol. The van der Waals surface area contributed by atoms with Crippen molar-refractivity contribution < 1.29 is 14.9 Å². The largest absolute Gasteiger partial charge is 0.508 e. The first-order chi connectivity index (χ1) is 7.10. The molecule has 0 saturated heterocycles. The maximum Gasteiger partial charge on any atom is 0.133 e. The predicted molar refractivity (Wildman–Crippen MR) is 61.0 cm³/mol. The summed E-state index contributed by atoms with van der Waals surface area (Å²) in [6, 6.07) is 3.09. The van der Waals surface area contributed by atoms with E-state index in [1.807, 2.05) is 0 Å². The van der Waals surface area contributed by atoms with Crippen molar-refractivity contribution in [3.05, 3.63) is 22.2 Å². The van der Waals surface area contributed by atoms with Crippen LogP contribution in [0, 0.1) is 0 Å². The van der Waals surface area contributed by atoms with Crippen LogP contribution in [0.1, 0.15) is 18.1 Å². The van der Waals surface area contributed by atoms with Crippen LogP contribution >= 0.6 is 15.9 Å². The summed E-state index contributed by atoms with van der Waals surface area (Å²) < 4.78 is 5.71. The lowest BCUT2D eigenvalue weighted by Crippen LogP contribution is -2.07. The van der Waals surface area contributed by atoms with Gasteiger partial charge in [0.15, 0.2) is 0 Å². The molecule has 0 heterocycles. The zero-order chi connectivity index (χ0) is 11.4. The molecule has 1 aromatic carbocycles. The SMILES string of the molecule is COc1cc(C(O)CCN)c(O)cc1Br. The van der Waals surface area contributed by atoms with Crippen LogP contribution in [-0.2, 0) is 0 Å². The molecule has 0 amide bonds. The fourth-order valence-electron chi connectivity index (χ4n) is 1.30. The minimum absolute atomic E-state index is 0.0311. The van der Waals surface area contributed by atoms with Crippen LogP contribution in [0.25, 0.3) is 0 Å². The summed E-state index contributed by atoms with van der Waals surface area (Å²) in [7, 11) is 1.52. The number of aromatic hydroxyl groups is 1. The first-order valence-electron chi connectivity index (χ1n) is 4.54. The van der Waals surface area contributed by atoms with E-state index in [1.54, 1.807) is 6.07 Å². The van der Waals surface area contributed by atoms with Crippen molar-refractivity contribution in [3.8, 4) is 11.5 Å². The second-order valence-corrected chi connectivity index (χ2v) is 3.99. The normalized spacial score (nSPS) is 12.5. The van der Waals surface area contributed by atoms with Gasteiger partial charge < -0.3 is 20.7 Å². The van der Waals surface area contributed by atoms with Crippen molar-refractivity contribution in [2.45, 2.75) is 12.5 Å². The fourth-order valence-corrected chi connectivity index (χ4v) is 1.79. The molecule has 0 aliphatic carbocycles. The highest BCUT2D eigenvalue weighted by molar-refractivity contribution is 9.10. The summed E-state index contributed by atoms with van der Waals surface area (Å²) in [6.45, 7) is 0.360. The zero-order valence-electron chi connectivity index (χ0n) is 8.40. The molecule has 15 heavy (non-hydrogen) atoms. The molecule has 0 spiro atoms. The van der Waals surface area contributed by atoms with Crippen molar-refractivity contribution in [2.24, 2.45) is 5.73 Å². The van der Waals surface area contributed by atoms with Crippen LogP contribution in [0.2, 0.25) is 0 Å². The van der Waals surface area contributed by atoms with E-state index in [1.165, 1.54) is 13.2 Å². The molecule has 0 aliphatic heterocycles. The number of aliphatic hydroxyl groups excluding tert-OH is 1. The Labute approximate surface area is 96.8 Å². The third-order valence-electron chi connectivity index (χ3n) is 2.10. The first kappa shape index (κ1) is 12.3.